The summed E-state index contributed by atoms with van der Waals surface area (Å²) in [7, 11) is 0. The molecule has 3 aromatic rings. The van der Waals surface area contributed by atoms with Gasteiger partial charge in [-0.15, -0.1) is 0 Å². The third-order valence-corrected chi connectivity index (χ3v) is 3.39. The maximum absolute atomic E-state index is 13.0. The SMILES string of the molecule is Oc1c2c(C(F)(F)F)cccc2cn1Cc1ccccc1. The molecule has 0 spiro atoms. The molecule has 0 unspecified atom stereocenters. The molecule has 0 fully saturated rings. The van der Waals surface area contributed by atoms with Crippen molar-refractivity contribution in [2.45, 2.75) is 12.7 Å². The number of hydrogen-bond donors (Lipinski definition) is 1. The van der Waals surface area contributed by atoms with Crippen molar-refractivity contribution >= 4 is 10.8 Å². The maximum Gasteiger partial charge on any atom is 0.417 e. The van der Waals surface area contributed by atoms with Crippen LogP contribution in [-0.4, -0.2) is 9.67 Å². The summed E-state index contributed by atoms with van der Waals surface area (Å²) in [4.78, 5) is 0. The van der Waals surface area contributed by atoms with Crippen LogP contribution in [0.5, 0.6) is 5.88 Å². The van der Waals surface area contributed by atoms with Gasteiger partial charge in [0.15, 0.2) is 5.88 Å². The molecule has 0 aliphatic heterocycles. The van der Waals surface area contributed by atoms with Crippen LogP contribution in [0.1, 0.15) is 11.1 Å². The van der Waals surface area contributed by atoms with Gasteiger partial charge < -0.3 is 9.67 Å². The number of fused-ring (bicyclic) bond motifs is 1. The van der Waals surface area contributed by atoms with Crippen molar-refractivity contribution in [3.63, 3.8) is 0 Å². The molecular weight excluding hydrogens is 279 g/mol. The van der Waals surface area contributed by atoms with Crippen molar-refractivity contribution in [2.24, 2.45) is 0 Å². The fourth-order valence-electron chi connectivity index (χ4n) is 2.44. The largest absolute Gasteiger partial charge is 0.494 e. The Hall–Kier alpha value is -2.43. The van der Waals surface area contributed by atoms with E-state index in [1.54, 1.807) is 6.07 Å². The Morgan fingerprint density at radius 1 is 0.952 bits per heavy atom. The lowest BCUT2D eigenvalue weighted by Gasteiger charge is -2.09. The molecule has 1 aromatic heterocycles. The maximum atomic E-state index is 13.0. The van der Waals surface area contributed by atoms with Crippen LogP contribution in [0.3, 0.4) is 0 Å². The fraction of sp³-hybridized carbons (Fsp3) is 0.125. The van der Waals surface area contributed by atoms with E-state index in [-0.39, 0.29) is 11.3 Å². The van der Waals surface area contributed by atoms with Gasteiger partial charge in [0.25, 0.3) is 0 Å². The minimum Gasteiger partial charge on any atom is -0.494 e. The molecule has 1 heterocycles. The van der Waals surface area contributed by atoms with Crippen LogP contribution in [0.25, 0.3) is 10.8 Å². The van der Waals surface area contributed by atoms with Crippen molar-refractivity contribution in [2.75, 3.05) is 0 Å². The summed E-state index contributed by atoms with van der Waals surface area (Å²) >= 11 is 0. The van der Waals surface area contributed by atoms with Gasteiger partial charge in [0.1, 0.15) is 0 Å². The minimum atomic E-state index is -4.49. The van der Waals surface area contributed by atoms with Gasteiger partial charge in [-0.2, -0.15) is 13.2 Å². The first-order valence-corrected chi connectivity index (χ1v) is 6.39. The lowest BCUT2D eigenvalue weighted by Crippen LogP contribution is -2.05. The summed E-state index contributed by atoms with van der Waals surface area (Å²) < 4.78 is 40.5. The van der Waals surface area contributed by atoms with Gasteiger partial charge in [-0.3, -0.25) is 0 Å². The van der Waals surface area contributed by atoms with Crippen molar-refractivity contribution in [3.05, 3.63) is 65.9 Å². The first-order chi connectivity index (χ1) is 9.97. The van der Waals surface area contributed by atoms with E-state index in [0.29, 0.717) is 11.9 Å². The average molecular weight is 291 g/mol. The minimum absolute atomic E-state index is 0.152. The molecule has 0 saturated heterocycles. The molecule has 21 heavy (non-hydrogen) atoms. The monoisotopic (exact) mass is 291 g/mol. The van der Waals surface area contributed by atoms with E-state index in [9.17, 15) is 18.3 Å². The third-order valence-electron chi connectivity index (χ3n) is 3.39. The number of rotatable bonds is 2. The topological polar surface area (TPSA) is 25.2 Å². The lowest BCUT2D eigenvalue weighted by atomic mass is 10.1. The van der Waals surface area contributed by atoms with Crippen LogP contribution < -0.4 is 0 Å². The highest BCUT2D eigenvalue weighted by Gasteiger charge is 2.34. The highest BCUT2D eigenvalue weighted by atomic mass is 19.4. The van der Waals surface area contributed by atoms with E-state index >= 15 is 0 Å². The van der Waals surface area contributed by atoms with E-state index in [2.05, 4.69) is 0 Å². The van der Waals surface area contributed by atoms with E-state index < -0.39 is 11.7 Å². The number of halogens is 3. The lowest BCUT2D eigenvalue weighted by molar-refractivity contribution is -0.136. The van der Waals surface area contributed by atoms with Gasteiger partial charge in [-0.05, 0) is 11.6 Å². The fourth-order valence-corrected chi connectivity index (χ4v) is 2.44. The van der Waals surface area contributed by atoms with Crippen LogP contribution in [0.2, 0.25) is 0 Å². The molecule has 0 aliphatic rings. The van der Waals surface area contributed by atoms with E-state index in [1.807, 2.05) is 30.3 Å². The molecule has 0 radical (unpaired) electrons. The molecule has 1 N–H and O–H groups in total. The second-order valence-electron chi connectivity index (χ2n) is 4.83. The van der Waals surface area contributed by atoms with Crippen LogP contribution >= 0.6 is 0 Å². The van der Waals surface area contributed by atoms with E-state index in [0.717, 1.165) is 11.6 Å². The zero-order valence-electron chi connectivity index (χ0n) is 10.9. The third kappa shape index (κ3) is 2.46. The molecule has 108 valence electrons. The molecule has 0 aliphatic carbocycles. The van der Waals surface area contributed by atoms with Crippen LogP contribution in [-0.2, 0) is 12.7 Å². The molecule has 0 amide bonds. The molecule has 0 saturated carbocycles. The van der Waals surface area contributed by atoms with Gasteiger partial charge >= 0.3 is 6.18 Å². The van der Waals surface area contributed by atoms with Gasteiger partial charge in [0, 0.05) is 11.6 Å². The molecular formula is C16H12F3NO. The highest BCUT2D eigenvalue weighted by molar-refractivity contribution is 5.91. The zero-order chi connectivity index (χ0) is 15.0. The Balaban J connectivity index is 2.12. The first kappa shape index (κ1) is 13.5. The summed E-state index contributed by atoms with van der Waals surface area (Å²) in [6.07, 6.45) is -2.96. The summed E-state index contributed by atoms with van der Waals surface area (Å²) in [5, 5.41) is 10.4. The number of benzene rings is 2. The van der Waals surface area contributed by atoms with E-state index in [4.69, 9.17) is 0 Å². The second-order valence-corrected chi connectivity index (χ2v) is 4.83. The summed E-state index contributed by atoms with van der Waals surface area (Å²) in [5.74, 6) is -0.359. The Labute approximate surface area is 119 Å². The van der Waals surface area contributed by atoms with Crippen LogP contribution in [0.15, 0.2) is 54.7 Å². The quantitative estimate of drug-likeness (QED) is 0.743. The van der Waals surface area contributed by atoms with Crippen LogP contribution in [0.4, 0.5) is 13.2 Å². The van der Waals surface area contributed by atoms with Crippen LogP contribution in [0, 0.1) is 0 Å². The zero-order valence-corrected chi connectivity index (χ0v) is 10.9. The predicted molar refractivity (Wildman–Crippen MR) is 74.1 cm³/mol. The summed E-state index contributed by atoms with van der Waals surface area (Å²) in [6.45, 7) is 0.318. The molecule has 3 rings (SSSR count). The molecule has 0 atom stereocenters. The second kappa shape index (κ2) is 4.84. The average Bonchev–Trinajstić information content (AvgIpc) is 2.76. The molecule has 0 bridgehead atoms. The normalized spacial score (nSPS) is 12.0. The Morgan fingerprint density at radius 3 is 2.33 bits per heavy atom. The van der Waals surface area contributed by atoms with Crippen molar-refractivity contribution < 1.29 is 18.3 Å². The number of nitrogens with zero attached hydrogens (tertiary/aromatic N) is 1. The van der Waals surface area contributed by atoms with E-state index in [1.165, 1.54) is 16.8 Å². The summed E-state index contributed by atoms with van der Waals surface area (Å²) in [5.41, 5.74) is 0.0889. The first-order valence-electron chi connectivity index (χ1n) is 6.39. The molecule has 2 nitrogen and oxygen atoms in total. The highest BCUT2D eigenvalue weighted by Crippen LogP contribution is 2.39. The summed E-state index contributed by atoms with van der Waals surface area (Å²) in [6, 6.07) is 13.1. The smallest absolute Gasteiger partial charge is 0.417 e. The molecule has 2 aromatic carbocycles. The van der Waals surface area contributed by atoms with Gasteiger partial charge in [0.05, 0.1) is 17.5 Å². The predicted octanol–water partition coefficient (Wildman–Crippen LogP) is 4.41. The number of aromatic nitrogens is 1. The Bertz CT molecular complexity index is 775. The number of hydrogen-bond acceptors (Lipinski definition) is 1. The van der Waals surface area contributed by atoms with Crippen molar-refractivity contribution in [1.29, 1.82) is 0 Å². The van der Waals surface area contributed by atoms with Gasteiger partial charge in [-0.1, -0.05) is 42.5 Å². The standard InChI is InChI=1S/C16H12F3NO/c17-16(18,19)13-8-4-7-12-10-20(15(21)14(12)13)9-11-5-2-1-3-6-11/h1-8,10,21H,9H2. The van der Waals surface area contributed by atoms with Gasteiger partial charge in [0.2, 0.25) is 0 Å². The van der Waals surface area contributed by atoms with Crippen molar-refractivity contribution in [3.8, 4) is 5.88 Å². The number of aromatic hydroxyl groups is 1. The van der Waals surface area contributed by atoms with Gasteiger partial charge in [-0.25, -0.2) is 0 Å². The number of alkyl halides is 3. The Morgan fingerprint density at radius 2 is 1.67 bits per heavy atom. The molecule has 5 heteroatoms. The Kier molecular flexibility index (Phi) is 3.12. The van der Waals surface area contributed by atoms with Crippen molar-refractivity contribution in [1.82, 2.24) is 4.57 Å².